The van der Waals surface area contributed by atoms with Gasteiger partial charge in [-0.1, -0.05) is 6.07 Å². The summed E-state index contributed by atoms with van der Waals surface area (Å²) in [6.07, 6.45) is -10.6. The Kier molecular flexibility index (Phi) is 4.81. The van der Waals surface area contributed by atoms with E-state index in [1.54, 1.807) is 0 Å². The van der Waals surface area contributed by atoms with Gasteiger partial charge >= 0.3 is 18.3 Å². The van der Waals surface area contributed by atoms with Crippen molar-refractivity contribution < 1.29 is 35.9 Å². The predicted octanol–water partition coefficient (Wildman–Crippen LogP) is 3.46. The largest absolute Gasteiger partial charge is 0.469 e. The number of ether oxygens (including phenoxy) is 1. The second kappa shape index (κ2) is 5.79. The quantitative estimate of drug-likeness (QED) is 0.682. The van der Waals surface area contributed by atoms with Crippen LogP contribution in [0, 0.1) is 0 Å². The topological polar surface area (TPSA) is 52.3 Å². The minimum Gasteiger partial charge on any atom is -0.469 e. The lowest BCUT2D eigenvalue weighted by Crippen LogP contribution is -2.38. The van der Waals surface area contributed by atoms with Gasteiger partial charge in [-0.25, -0.2) is 0 Å². The van der Waals surface area contributed by atoms with Crippen LogP contribution in [0.15, 0.2) is 18.2 Å². The second-order valence-corrected chi connectivity index (χ2v) is 4.93. The highest BCUT2D eigenvalue weighted by atomic mass is 19.4. The number of hydrogen-bond donors (Lipinski definition) is 1. The molecule has 3 nitrogen and oxygen atoms in total. The average Bonchev–Trinajstić information content (AvgIpc) is 2.35. The van der Waals surface area contributed by atoms with E-state index in [9.17, 15) is 31.1 Å². The van der Waals surface area contributed by atoms with Gasteiger partial charge in [0, 0.05) is 5.54 Å². The molecule has 124 valence electrons. The SMILES string of the molecule is COC(=O)C[C@@](C)(N)c1ccc(C(F)(F)F)cc1C(F)(F)F. The highest BCUT2D eigenvalue weighted by molar-refractivity contribution is 5.71. The minimum absolute atomic E-state index is 0.0161. The van der Waals surface area contributed by atoms with Crippen molar-refractivity contribution in [3.8, 4) is 0 Å². The van der Waals surface area contributed by atoms with Crippen LogP contribution >= 0.6 is 0 Å². The Morgan fingerprint density at radius 3 is 2.05 bits per heavy atom. The number of rotatable bonds is 3. The van der Waals surface area contributed by atoms with Crippen molar-refractivity contribution in [2.45, 2.75) is 31.2 Å². The summed E-state index contributed by atoms with van der Waals surface area (Å²) < 4.78 is 81.1. The molecular formula is C13H13F6NO2. The molecule has 0 saturated heterocycles. The number of benzene rings is 1. The van der Waals surface area contributed by atoms with Crippen molar-refractivity contribution in [3.05, 3.63) is 34.9 Å². The van der Waals surface area contributed by atoms with Crippen molar-refractivity contribution >= 4 is 5.97 Å². The van der Waals surface area contributed by atoms with Crippen LogP contribution in [0.4, 0.5) is 26.3 Å². The molecular weight excluding hydrogens is 316 g/mol. The van der Waals surface area contributed by atoms with Crippen molar-refractivity contribution in [1.29, 1.82) is 0 Å². The monoisotopic (exact) mass is 329 g/mol. The summed E-state index contributed by atoms with van der Waals surface area (Å²) in [7, 11) is 1.02. The first-order valence-corrected chi connectivity index (χ1v) is 5.93. The number of methoxy groups -OCH3 is 1. The molecule has 1 atom stereocenters. The predicted molar refractivity (Wildman–Crippen MR) is 64.6 cm³/mol. The third-order valence-corrected chi connectivity index (χ3v) is 3.01. The Labute approximate surface area is 122 Å². The number of carbonyl (C=O) groups excluding carboxylic acids is 1. The first kappa shape index (κ1) is 18.3. The summed E-state index contributed by atoms with van der Waals surface area (Å²) in [6, 6.07) is 1.11. The van der Waals surface area contributed by atoms with Crippen LogP contribution in [-0.4, -0.2) is 13.1 Å². The van der Waals surface area contributed by atoms with Crippen molar-refractivity contribution in [1.82, 2.24) is 0 Å². The molecule has 1 aromatic carbocycles. The minimum atomic E-state index is -5.05. The molecule has 9 heteroatoms. The van der Waals surface area contributed by atoms with E-state index in [0.717, 1.165) is 14.0 Å². The Morgan fingerprint density at radius 2 is 1.64 bits per heavy atom. The molecule has 0 unspecified atom stereocenters. The lowest BCUT2D eigenvalue weighted by atomic mass is 9.85. The molecule has 0 radical (unpaired) electrons. The van der Waals surface area contributed by atoms with Crippen LogP contribution in [0.2, 0.25) is 0 Å². The highest BCUT2D eigenvalue weighted by Gasteiger charge is 2.41. The smallest absolute Gasteiger partial charge is 0.416 e. The van der Waals surface area contributed by atoms with E-state index in [1.807, 2.05) is 0 Å². The normalized spacial score (nSPS) is 15.3. The number of alkyl halides is 6. The number of esters is 1. The Hall–Kier alpha value is -1.77. The molecule has 0 spiro atoms. The van der Waals surface area contributed by atoms with Gasteiger partial charge in [0.15, 0.2) is 0 Å². The van der Waals surface area contributed by atoms with E-state index in [-0.39, 0.29) is 6.07 Å². The fourth-order valence-corrected chi connectivity index (χ4v) is 1.92. The first-order valence-electron chi connectivity index (χ1n) is 5.93. The van der Waals surface area contributed by atoms with E-state index in [4.69, 9.17) is 5.73 Å². The van der Waals surface area contributed by atoms with Gasteiger partial charge in [-0.15, -0.1) is 0 Å². The van der Waals surface area contributed by atoms with E-state index in [1.165, 1.54) is 0 Å². The van der Waals surface area contributed by atoms with Crippen LogP contribution in [0.25, 0.3) is 0 Å². The lowest BCUT2D eigenvalue weighted by Gasteiger charge is -2.28. The van der Waals surface area contributed by atoms with E-state index < -0.39 is 47.0 Å². The summed E-state index contributed by atoms with van der Waals surface area (Å²) in [4.78, 5) is 11.2. The Balaban J connectivity index is 3.45. The van der Waals surface area contributed by atoms with E-state index >= 15 is 0 Å². The third kappa shape index (κ3) is 4.12. The lowest BCUT2D eigenvalue weighted by molar-refractivity contribution is -0.146. The molecule has 1 aromatic rings. The first-order chi connectivity index (χ1) is 9.79. The van der Waals surface area contributed by atoms with E-state index in [0.29, 0.717) is 12.1 Å². The molecule has 0 aliphatic rings. The third-order valence-electron chi connectivity index (χ3n) is 3.01. The van der Waals surface area contributed by atoms with Gasteiger partial charge in [-0.2, -0.15) is 26.3 Å². The van der Waals surface area contributed by atoms with Crippen LogP contribution < -0.4 is 5.73 Å². The van der Waals surface area contributed by atoms with Gasteiger partial charge < -0.3 is 10.5 Å². The maximum absolute atomic E-state index is 13.0. The molecule has 0 fully saturated rings. The fourth-order valence-electron chi connectivity index (χ4n) is 1.92. The summed E-state index contributed by atoms with van der Waals surface area (Å²) in [5, 5.41) is 0. The van der Waals surface area contributed by atoms with Gasteiger partial charge in [0.1, 0.15) is 0 Å². The molecule has 0 amide bonds. The molecule has 0 saturated carbocycles. The Bertz CT molecular complexity index is 563. The zero-order chi connectivity index (χ0) is 17.3. The molecule has 0 aliphatic heterocycles. The zero-order valence-corrected chi connectivity index (χ0v) is 11.6. The maximum atomic E-state index is 13.0. The highest BCUT2D eigenvalue weighted by Crippen LogP contribution is 2.40. The van der Waals surface area contributed by atoms with Gasteiger partial charge in [-0.3, -0.25) is 4.79 Å². The van der Waals surface area contributed by atoms with Crippen LogP contribution in [0.5, 0.6) is 0 Å². The van der Waals surface area contributed by atoms with E-state index in [2.05, 4.69) is 4.74 Å². The van der Waals surface area contributed by atoms with Crippen molar-refractivity contribution in [3.63, 3.8) is 0 Å². The van der Waals surface area contributed by atoms with Crippen LogP contribution in [0.1, 0.15) is 30.0 Å². The summed E-state index contributed by atoms with van der Waals surface area (Å²) >= 11 is 0. The van der Waals surface area contributed by atoms with Crippen LogP contribution in [-0.2, 0) is 27.4 Å². The average molecular weight is 329 g/mol. The van der Waals surface area contributed by atoms with Gasteiger partial charge in [0.25, 0.3) is 0 Å². The van der Waals surface area contributed by atoms with Gasteiger partial charge in [0.05, 0.1) is 24.7 Å². The molecule has 0 aromatic heterocycles. The molecule has 0 heterocycles. The fraction of sp³-hybridized carbons (Fsp3) is 0.462. The summed E-state index contributed by atoms with van der Waals surface area (Å²) in [6.45, 7) is 1.11. The second-order valence-electron chi connectivity index (χ2n) is 4.93. The number of nitrogens with two attached hydrogens (primary N) is 1. The zero-order valence-electron chi connectivity index (χ0n) is 11.6. The summed E-state index contributed by atoms with van der Waals surface area (Å²) in [5.41, 5.74) is 0.267. The molecule has 0 aliphatic carbocycles. The molecule has 0 bridgehead atoms. The molecule has 22 heavy (non-hydrogen) atoms. The number of carbonyl (C=O) groups is 1. The molecule has 1 rings (SSSR count). The molecule has 2 N–H and O–H groups in total. The Morgan fingerprint density at radius 1 is 1.09 bits per heavy atom. The number of halogens is 6. The van der Waals surface area contributed by atoms with Gasteiger partial charge in [-0.05, 0) is 24.6 Å². The van der Waals surface area contributed by atoms with Crippen molar-refractivity contribution in [2.24, 2.45) is 5.73 Å². The standard InChI is InChI=1S/C13H13F6NO2/c1-11(20,6-10(21)22-2)8-4-3-7(12(14,15)16)5-9(8)13(17,18)19/h3-5H,6,20H2,1-2H3/t11-/m1/s1. The number of hydrogen-bond acceptors (Lipinski definition) is 3. The maximum Gasteiger partial charge on any atom is 0.416 e. The summed E-state index contributed by atoms with van der Waals surface area (Å²) in [5.74, 6) is -0.877. The van der Waals surface area contributed by atoms with Crippen molar-refractivity contribution in [2.75, 3.05) is 7.11 Å². The van der Waals surface area contributed by atoms with Gasteiger partial charge in [0.2, 0.25) is 0 Å². The van der Waals surface area contributed by atoms with Crippen LogP contribution in [0.3, 0.4) is 0 Å².